The number of anilines is 1. The number of hydrogen-bond donors (Lipinski definition) is 2. The topological polar surface area (TPSA) is 88.6 Å². The molecule has 2 N–H and O–H groups in total. The summed E-state index contributed by atoms with van der Waals surface area (Å²) in [6, 6.07) is 15.7. The van der Waals surface area contributed by atoms with Crippen LogP contribution in [0.3, 0.4) is 0 Å². The molecule has 0 spiro atoms. The van der Waals surface area contributed by atoms with Crippen LogP contribution in [0.1, 0.15) is 32.3 Å². The maximum absolute atomic E-state index is 12.8. The maximum Gasteiger partial charge on any atom is 0.320 e. The van der Waals surface area contributed by atoms with Gasteiger partial charge in [0.05, 0.1) is 24.2 Å². The summed E-state index contributed by atoms with van der Waals surface area (Å²) in [5, 5.41) is 5.92. The number of hydrogen-bond acceptors (Lipinski definition) is 6. The number of aromatic nitrogens is 2. The predicted octanol–water partition coefficient (Wildman–Crippen LogP) is 4.21. The van der Waals surface area contributed by atoms with Gasteiger partial charge in [-0.2, -0.15) is 0 Å². The van der Waals surface area contributed by atoms with Gasteiger partial charge in [-0.05, 0) is 44.4 Å². The largest absolute Gasteiger partial charge is 0.497 e. The van der Waals surface area contributed by atoms with Crippen molar-refractivity contribution in [2.45, 2.75) is 45.4 Å². The molecule has 1 fully saturated rings. The highest BCUT2D eigenvalue weighted by molar-refractivity contribution is 5.91. The minimum atomic E-state index is -0.304. The molecule has 0 unspecified atom stereocenters. The Labute approximate surface area is 194 Å². The Bertz CT molecular complexity index is 1080. The molecule has 174 valence electrons. The first kappa shape index (κ1) is 22.8. The molecule has 2 aromatic carbocycles. The Balaban J connectivity index is 1.38. The summed E-state index contributed by atoms with van der Waals surface area (Å²) in [7, 11) is 1.60. The fourth-order valence-corrected chi connectivity index (χ4v) is 3.94. The van der Waals surface area contributed by atoms with Crippen molar-refractivity contribution in [2.24, 2.45) is 0 Å². The summed E-state index contributed by atoms with van der Waals surface area (Å²) in [4.78, 5) is 24.3. The number of amides is 2. The minimum Gasteiger partial charge on any atom is -0.497 e. The second-order valence-electron chi connectivity index (χ2n) is 8.53. The Morgan fingerprint density at radius 2 is 1.85 bits per heavy atom. The van der Waals surface area contributed by atoms with Crippen molar-refractivity contribution in [3.63, 3.8) is 0 Å². The van der Waals surface area contributed by atoms with E-state index >= 15 is 0 Å². The minimum absolute atomic E-state index is 0.104. The standard InChI is InChI=1S/C25H31N5O3/c1-17(2)33-24-23(27-22-15-20(32-3)9-10-21(22)28-24)29-25(31)26-19-11-13-30(14-12-19)16-18-7-5-4-6-8-18/h4-10,15,17,19H,11-14,16H2,1-3H3,(H2,26,27,29,31). The Hall–Kier alpha value is -3.39. The van der Waals surface area contributed by atoms with Crippen LogP contribution in [0.2, 0.25) is 0 Å². The molecule has 8 nitrogen and oxygen atoms in total. The second-order valence-corrected chi connectivity index (χ2v) is 8.53. The van der Waals surface area contributed by atoms with Crippen molar-refractivity contribution in [1.29, 1.82) is 0 Å². The molecule has 33 heavy (non-hydrogen) atoms. The number of rotatable bonds is 7. The molecule has 4 rings (SSSR count). The molecule has 1 saturated heterocycles. The third-order valence-corrected chi connectivity index (χ3v) is 5.59. The number of fused-ring (bicyclic) bond motifs is 1. The van der Waals surface area contributed by atoms with Crippen LogP contribution in [0.4, 0.5) is 10.6 Å². The number of benzene rings is 2. The van der Waals surface area contributed by atoms with Gasteiger partial charge in [-0.3, -0.25) is 10.2 Å². The van der Waals surface area contributed by atoms with Gasteiger partial charge in [-0.15, -0.1) is 0 Å². The molecular formula is C25H31N5O3. The van der Waals surface area contributed by atoms with E-state index in [0.717, 1.165) is 32.5 Å². The number of piperidine rings is 1. The summed E-state index contributed by atoms with van der Waals surface area (Å²) < 4.78 is 11.1. The highest BCUT2D eigenvalue weighted by Gasteiger charge is 2.22. The number of carbonyl (C=O) groups excluding carboxylic acids is 1. The van der Waals surface area contributed by atoms with Crippen LogP contribution >= 0.6 is 0 Å². The summed E-state index contributed by atoms with van der Waals surface area (Å²) >= 11 is 0. The van der Waals surface area contributed by atoms with E-state index in [-0.39, 0.29) is 18.2 Å². The zero-order valence-corrected chi connectivity index (χ0v) is 19.4. The van der Waals surface area contributed by atoms with Crippen LogP contribution in [-0.4, -0.2) is 53.2 Å². The quantitative estimate of drug-likeness (QED) is 0.562. The first-order chi connectivity index (χ1) is 16.0. The highest BCUT2D eigenvalue weighted by Crippen LogP contribution is 2.27. The van der Waals surface area contributed by atoms with E-state index in [2.05, 4.69) is 49.8 Å². The number of methoxy groups -OCH3 is 1. The van der Waals surface area contributed by atoms with Crippen LogP contribution in [0.5, 0.6) is 11.6 Å². The van der Waals surface area contributed by atoms with Gasteiger partial charge in [-0.1, -0.05) is 30.3 Å². The van der Waals surface area contributed by atoms with E-state index in [1.54, 1.807) is 13.2 Å². The normalized spacial score (nSPS) is 14.9. The van der Waals surface area contributed by atoms with Crippen LogP contribution < -0.4 is 20.1 Å². The lowest BCUT2D eigenvalue weighted by Crippen LogP contribution is -2.45. The van der Waals surface area contributed by atoms with Gasteiger partial charge in [0.15, 0.2) is 5.82 Å². The summed E-state index contributed by atoms with van der Waals surface area (Å²) in [6.45, 7) is 6.64. The van der Waals surface area contributed by atoms with Crippen LogP contribution in [0, 0.1) is 0 Å². The van der Waals surface area contributed by atoms with Crippen LogP contribution in [0.25, 0.3) is 11.0 Å². The zero-order valence-electron chi connectivity index (χ0n) is 19.4. The summed E-state index contributed by atoms with van der Waals surface area (Å²) in [6.07, 6.45) is 1.69. The fourth-order valence-electron chi connectivity index (χ4n) is 3.94. The predicted molar refractivity (Wildman–Crippen MR) is 129 cm³/mol. The molecule has 0 atom stereocenters. The molecule has 3 aromatic rings. The van der Waals surface area contributed by atoms with E-state index in [1.807, 2.05) is 32.0 Å². The molecule has 1 aromatic heterocycles. The molecule has 1 aliphatic heterocycles. The van der Waals surface area contributed by atoms with Crippen LogP contribution in [-0.2, 0) is 6.54 Å². The van der Waals surface area contributed by atoms with Crippen molar-refractivity contribution >= 4 is 22.9 Å². The summed E-state index contributed by atoms with van der Waals surface area (Å²) in [5.41, 5.74) is 2.60. The number of nitrogens with one attached hydrogen (secondary N) is 2. The first-order valence-electron chi connectivity index (χ1n) is 11.4. The van der Waals surface area contributed by atoms with E-state index < -0.39 is 0 Å². The molecule has 0 radical (unpaired) electrons. The molecule has 2 heterocycles. The average molecular weight is 450 g/mol. The average Bonchev–Trinajstić information content (AvgIpc) is 2.81. The fraction of sp³-hybridized carbons (Fsp3) is 0.400. The molecule has 0 aliphatic carbocycles. The summed E-state index contributed by atoms with van der Waals surface area (Å²) in [5.74, 6) is 1.27. The van der Waals surface area contributed by atoms with Gasteiger partial charge in [0.2, 0.25) is 0 Å². The molecule has 1 aliphatic rings. The van der Waals surface area contributed by atoms with Gasteiger partial charge in [0.1, 0.15) is 5.75 Å². The smallest absolute Gasteiger partial charge is 0.320 e. The lowest BCUT2D eigenvalue weighted by Gasteiger charge is -2.32. The van der Waals surface area contributed by atoms with Crippen molar-refractivity contribution in [2.75, 3.05) is 25.5 Å². The van der Waals surface area contributed by atoms with E-state index in [9.17, 15) is 4.79 Å². The van der Waals surface area contributed by atoms with Crippen molar-refractivity contribution < 1.29 is 14.3 Å². The molecule has 2 amide bonds. The number of ether oxygens (including phenoxy) is 2. The number of carbonyl (C=O) groups is 1. The van der Waals surface area contributed by atoms with Gasteiger partial charge < -0.3 is 14.8 Å². The van der Waals surface area contributed by atoms with Gasteiger partial charge in [0, 0.05) is 31.7 Å². The monoisotopic (exact) mass is 449 g/mol. The number of nitrogens with zero attached hydrogens (tertiary/aromatic N) is 3. The van der Waals surface area contributed by atoms with Gasteiger partial charge in [-0.25, -0.2) is 14.8 Å². The Morgan fingerprint density at radius 3 is 2.55 bits per heavy atom. The first-order valence-corrected chi connectivity index (χ1v) is 11.4. The maximum atomic E-state index is 12.8. The van der Waals surface area contributed by atoms with Gasteiger partial charge >= 0.3 is 6.03 Å². The zero-order chi connectivity index (χ0) is 23.2. The van der Waals surface area contributed by atoms with E-state index in [1.165, 1.54) is 5.56 Å². The molecule has 8 heteroatoms. The van der Waals surface area contributed by atoms with Crippen molar-refractivity contribution in [1.82, 2.24) is 20.2 Å². The van der Waals surface area contributed by atoms with Crippen LogP contribution in [0.15, 0.2) is 48.5 Å². The second kappa shape index (κ2) is 10.5. The van der Waals surface area contributed by atoms with Gasteiger partial charge in [0.25, 0.3) is 5.88 Å². The van der Waals surface area contributed by atoms with Crippen molar-refractivity contribution in [3.8, 4) is 11.6 Å². The van der Waals surface area contributed by atoms with Crippen molar-refractivity contribution in [3.05, 3.63) is 54.1 Å². The highest BCUT2D eigenvalue weighted by atomic mass is 16.5. The Kier molecular flexibility index (Phi) is 7.24. The van der Waals surface area contributed by atoms with E-state index in [4.69, 9.17) is 9.47 Å². The third kappa shape index (κ3) is 6.10. The molecule has 0 bridgehead atoms. The molecule has 0 saturated carbocycles. The SMILES string of the molecule is COc1ccc2nc(OC(C)C)c(NC(=O)NC3CCN(Cc4ccccc4)CC3)nc2c1. The number of likely N-dealkylation sites (tertiary alicyclic amines) is 1. The number of urea groups is 1. The lowest BCUT2D eigenvalue weighted by atomic mass is 10.0. The lowest BCUT2D eigenvalue weighted by molar-refractivity contribution is 0.189. The van der Waals surface area contributed by atoms with E-state index in [0.29, 0.717) is 28.5 Å². The Morgan fingerprint density at radius 1 is 1.09 bits per heavy atom. The molecular weight excluding hydrogens is 418 g/mol. The third-order valence-electron chi connectivity index (χ3n) is 5.59.